The van der Waals surface area contributed by atoms with Crippen LogP contribution in [0, 0.1) is 12.7 Å². The molecule has 1 fully saturated rings. The Hall–Kier alpha value is -3.13. The van der Waals surface area contributed by atoms with E-state index >= 15 is 0 Å². The number of morpholine rings is 1. The Bertz CT molecular complexity index is 1270. The molecule has 1 aromatic carbocycles. The molecule has 2 aromatic heterocycles. The fourth-order valence-electron chi connectivity index (χ4n) is 3.60. The first kappa shape index (κ1) is 25.9. The second-order valence-corrected chi connectivity index (χ2v) is 10.2. The largest absolute Gasteiger partial charge is 0.377 e. The van der Waals surface area contributed by atoms with Crippen molar-refractivity contribution < 1.29 is 17.9 Å². The highest BCUT2D eigenvalue weighted by molar-refractivity contribution is 14.2. The van der Waals surface area contributed by atoms with Gasteiger partial charge in [-0.25, -0.2) is 19.8 Å². The van der Waals surface area contributed by atoms with Gasteiger partial charge >= 0.3 is 3.93 Å². The molecule has 0 spiro atoms. The van der Waals surface area contributed by atoms with Crippen LogP contribution in [0.5, 0.6) is 0 Å². The van der Waals surface area contributed by atoms with Crippen LogP contribution in [0.25, 0.3) is 0 Å². The summed E-state index contributed by atoms with van der Waals surface area (Å²) in [6.45, 7) is 5.26. The number of aryl methyl sites for hydroxylation is 1. The van der Waals surface area contributed by atoms with Crippen molar-refractivity contribution in [2.75, 3.05) is 35.4 Å². The number of alkyl halides is 3. The molecule has 0 aliphatic carbocycles. The first-order chi connectivity index (χ1) is 17.3. The first-order valence-corrected chi connectivity index (χ1v) is 13.7. The maximum absolute atomic E-state index is 14.3. The summed E-state index contributed by atoms with van der Waals surface area (Å²) in [7, 11) is 0. The molecule has 3 heterocycles. The molecule has 2 N–H and O–H groups in total. The molecular weight excluding hydrogens is 586 g/mol. The van der Waals surface area contributed by atoms with Crippen LogP contribution in [0.2, 0.25) is 0 Å². The molecule has 1 unspecified atom stereocenters. The summed E-state index contributed by atoms with van der Waals surface area (Å²) in [5.41, 5.74) is 5.08. The van der Waals surface area contributed by atoms with Gasteiger partial charge in [0.1, 0.15) is 0 Å². The average Bonchev–Trinajstić information content (AvgIpc) is 2.87. The Morgan fingerprint density at radius 2 is 2.11 bits per heavy atom. The Balaban J connectivity index is 1.43. The number of hydrogen-bond acceptors (Lipinski definition) is 8. The average molecular weight is 611 g/mol. The molecule has 0 radical (unpaired) electrons. The second-order valence-electron chi connectivity index (χ2n) is 8.06. The number of aromatic nitrogens is 3. The third kappa shape index (κ3) is 6.16. The minimum absolute atomic E-state index is 0.0112. The molecule has 0 bridgehead atoms. The van der Waals surface area contributed by atoms with Gasteiger partial charge in [0.25, 0.3) is 0 Å². The minimum atomic E-state index is -2.88. The third-order valence-corrected chi connectivity index (χ3v) is 7.05. The number of pyridine rings is 1. The van der Waals surface area contributed by atoms with E-state index in [4.69, 9.17) is 4.74 Å². The molecule has 36 heavy (non-hydrogen) atoms. The fourth-order valence-corrected chi connectivity index (χ4v) is 4.38. The smallest absolute Gasteiger partial charge is 0.316 e. The maximum Gasteiger partial charge on any atom is 0.316 e. The number of halogens is 4. The lowest BCUT2D eigenvalue weighted by Gasteiger charge is -2.34. The topological polar surface area (TPSA) is 87.6 Å². The lowest BCUT2D eigenvalue weighted by molar-refractivity contribution is 0.0981. The van der Waals surface area contributed by atoms with Gasteiger partial charge in [0.2, 0.25) is 5.95 Å². The van der Waals surface area contributed by atoms with E-state index < -0.39 is 30.5 Å². The summed E-state index contributed by atoms with van der Waals surface area (Å²) in [5, 5.41) is 7.25. The zero-order valence-electron chi connectivity index (χ0n) is 19.7. The van der Waals surface area contributed by atoms with Crippen LogP contribution in [0.15, 0.2) is 47.7 Å². The molecule has 4 rings (SSSR count). The van der Waals surface area contributed by atoms with Gasteiger partial charge in [-0.15, -0.1) is 0 Å². The zero-order valence-corrected chi connectivity index (χ0v) is 21.8. The van der Waals surface area contributed by atoms with Gasteiger partial charge in [0.15, 0.2) is 11.6 Å². The van der Waals surface area contributed by atoms with E-state index in [-0.39, 0.29) is 23.4 Å². The predicted molar refractivity (Wildman–Crippen MR) is 145 cm³/mol. The quantitative estimate of drug-likeness (QED) is 0.157. The summed E-state index contributed by atoms with van der Waals surface area (Å²) >= 11 is -1.51. The van der Waals surface area contributed by atoms with Crippen molar-refractivity contribution in [2.24, 2.45) is 5.10 Å². The Labute approximate surface area is 216 Å². The van der Waals surface area contributed by atoms with Crippen molar-refractivity contribution in [1.82, 2.24) is 15.0 Å². The highest BCUT2D eigenvalue weighted by Gasteiger charge is 2.28. The number of ether oxygens (including phenoxy) is 1. The van der Waals surface area contributed by atoms with Crippen LogP contribution < -0.4 is 15.6 Å². The molecule has 190 valence electrons. The summed E-state index contributed by atoms with van der Waals surface area (Å²) < 4.78 is 48.3. The molecule has 8 nitrogen and oxygen atoms in total. The molecule has 0 saturated carbocycles. The monoisotopic (exact) mass is 611 g/mol. The minimum Gasteiger partial charge on any atom is -0.377 e. The first-order valence-electron chi connectivity index (χ1n) is 11.1. The number of benzene rings is 1. The summed E-state index contributed by atoms with van der Waals surface area (Å²) in [5.74, 6) is -0.166. The number of hydrazone groups is 1. The number of rotatable bonds is 8. The van der Waals surface area contributed by atoms with E-state index in [1.807, 2.05) is 11.8 Å². The number of hydrogen-bond donors (Lipinski definition) is 2. The normalized spacial score (nSPS) is 16.4. The van der Waals surface area contributed by atoms with Gasteiger partial charge in [0.05, 0.1) is 48.7 Å². The third-order valence-electron chi connectivity index (χ3n) is 5.47. The molecule has 1 saturated heterocycles. The van der Waals surface area contributed by atoms with Gasteiger partial charge in [0, 0.05) is 17.8 Å². The van der Waals surface area contributed by atoms with Gasteiger partial charge in [-0.3, -0.25) is 0 Å². The van der Waals surface area contributed by atoms with E-state index in [1.54, 1.807) is 31.2 Å². The number of nitrogens with one attached hydrogen (secondary N) is 2. The van der Waals surface area contributed by atoms with Crippen LogP contribution in [0.1, 0.15) is 23.9 Å². The molecule has 1 aliphatic heterocycles. The van der Waals surface area contributed by atoms with E-state index in [9.17, 15) is 13.2 Å². The Kier molecular flexibility index (Phi) is 8.14. The molecular formula is C24H25F3IN7O. The summed E-state index contributed by atoms with van der Waals surface area (Å²) in [6, 6.07) is 9.64. The van der Waals surface area contributed by atoms with E-state index in [0.717, 1.165) is 6.20 Å². The predicted octanol–water partition coefficient (Wildman–Crippen LogP) is 5.19. The molecule has 1 atom stereocenters. The van der Waals surface area contributed by atoms with Crippen molar-refractivity contribution in [2.45, 2.75) is 23.8 Å². The lowest BCUT2D eigenvalue weighted by Crippen LogP contribution is -2.44. The fraction of sp³-hybridized carbons (Fsp3) is 0.292. The van der Waals surface area contributed by atoms with Crippen molar-refractivity contribution in [3.8, 4) is 0 Å². The van der Waals surface area contributed by atoms with Crippen LogP contribution in [0.3, 0.4) is 0 Å². The van der Waals surface area contributed by atoms with Crippen molar-refractivity contribution in [3.63, 3.8) is 0 Å². The Morgan fingerprint density at radius 1 is 1.28 bits per heavy atom. The maximum atomic E-state index is 14.3. The SMILES string of the molecule is C=IC(F)(F)c1cccc(Nc2ccc(/C=N/Nc3ncc(F)c(N4CCOCC4C)n3)nc2C)c1. The van der Waals surface area contributed by atoms with Crippen LogP contribution in [0.4, 0.5) is 36.3 Å². The van der Waals surface area contributed by atoms with Crippen molar-refractivity contribution in [1.29, 1.82) is 0 Å². The van der Waals surface area contributed by atoms with Crippen molar-refractivity contribution >= 4 is 54.6 Å². The van der Waals surface area contributed by atoms with Gasteiger partial charge in [-0.05, 0) is 58.8 Å². The van der Waals surface area contributed by atoms with E-state index in [1.165, 1.54) is 18.3 Å². The summed E-state index contributed by atoms with van der Waals surface area (Å²) in [4.78, 5) is 14.5. The standard InChI is InChI=1S/C24H25F3IN7O/c1-15-14-36-10-9-35(15)22-20(25)13-29-23(33-22)34-30-12-19-7-8-21(16(2)31-19)32-18-6-4-5-17(11-18)24(26,27)28-3/h4-8,11-13,15,32H,3,9-10,14H2,1-2H3,(H,29,33,34)/b30-12+. The molecule has 1 aliphatic rings. The number of nitrogens with zero attached hydrogens (tertiary/aromatic N) is 5. The highest BCUT2D eigenvalue weighted by atomic mass is 127. The van der Waals surface area contributed by atoms with Gasteiger partial charge in [-0.1, -0.05) is 16.6 Å². The molecule has 12 heteroatoms. The van der Waals surface area contributed by atoms with Crippen LogP contribution in [-0.4, -0.2) is 51.5 Å². The van der Waals surface area contributed by atoms with Gasteiger partial charge < -0.3 is 15.0 Å². The Morgan fingerprint density at radius 3 is 2.86 bits per heavy atom. The molecule has 0 amide bonds. The van der Waals surface area contributed by atoms with Crippen LogP contribution >= 0.6 is 20.7 Å². The van der Waals surface area contributed by atoms with E-state index in [0.29, 0.717) is 42.5 Å². The van der Waals surface area contributed by atoms with Gasteiger partial charge in [-0.2, -0.15) is 18.9 Å². The summed E-state index contributed by atoms with van der Waals surface area (Å²) in [6.07, 6.45) is 2.59. The lowest BCUT2D eigenvalue weighted by atomic mass is 10.2. The van der Waals surface area contributed by atoms with Crippen molar-refractivity contribution in [3.05, 3.63) is 65.4 Å². The second kappa shape index (κ2) is 11.3. The zero-order chi connectivity index (χ0) is 25.7. The van der Waals surface area contributed by atoms with E-state index in [2.05, 4.69) is 35.3 Å². The highest BCUT2D eigenvalue weighted by Crippen LogP contribution is 2.39. The molecule has 3 aromatic rings. The van der Waals surface area contributed by atoms with Crippen LogP contribution in [-0.2, 0) is 8.67 Å². The number of anilines is 4.